The number of nitrogens with one attached hydrogen (secondary N) is 5. The molecule has 0 radical (unpaired) electrons. The molecule has 2 aliphatic rings. The third kappa shape index (κ3) is 11.9. The Balaban J connectivity index is 0.944. The number of alkyl carbamates (subject to hydrolysis) is 2. The molecule has 5 amide bonds. The molecule has 13 nitrogen and oxygen atoms in total. The first-order chi connectivity index (χ1) is 32.4. The van der Waals surface area contributed by atoms with Crippen molar-refractivity contribution in [1.29, 1.82) is 0 Å². The lowest BCUT2D eigenvalue weighted by molar-refractivity contribution is -0.132. The van der Waals surface area contributed by atoms with Crippen LogP contribution >= 0.6 is 0 Å². The number of hydrogen-bond acceptors (Lipinski definition) is 8. The molecule has 0 saturated carbocycles. The SMILES string of the molecule is CC(C)CC(NC(=O)C(NC(=O)OCC1c2ccccc2-c2ccccc21)C(C)C)C(=O)NC(CCCCNC(=O)OCC1c2ccccc2-c2ccccc21)C(=O)Nc1ccc(CO)cc1. The van der Waals surface area contributed by atoms with Crippen molar-refractivity contribution in [3.05, 3.63) is 149 Å². The third-order valence-corrected chi connectivity index (χ3v) is 12.5. The van der Waals surface area contributed by atoms with Gasteiger partial charge in [0.05, 0.1) is 6.61 Å². The largest absolute Gasteiger partial charge is 0.449 e. The van der Waals surface area contributed by atoms with Crippen molar-refractivity contribution < 1.29 is 38.6 Å². The molecule has 0 aromatic heterocycles. The van der Waals surface area contributed by atoms with Crippen LogP contribution in [0.15, 0.2) is 121 Å². The highest BCUT2D eigenvalue weighted by Crippen LogP contribution is 2.45. The lowest BCUT2D eigenvalue weighted by Crippen LogP contribution is -2.57. The second-order valence-electron chi connectivity index (χ2n) is 18.0. The van der Waals surface area contributed by atoms with Gasteiger partial charge in [-0.25, -0.2) is 9.59 Å². The number of benzene rings is 5. The number of ether oxygens (including phenoxy) is 2. The number of hydrogen-bond donors (Lipinski definition) is 6. The average molecular weight is 908 g/mol. The Morgan fingerprint density at radius 1 is 0.552 bits per heavy atom. The van der Waals surface area contributed by atoms with Gasteiger partial charge in [0.2, 0.25) is 17.7 Å². The quantitative estimate of drug-likeness (QED) is 0.0421. The Morgan fingerprint density at radius 2 is 1.03 bits per heavy atom. The van der Waals surface area contributed by atoms with Gasteiger partial charge in [-0.15, -0.1) is 0 Å². The number of aliphatic hydroxyl groups excluding tert-OH is 1. The summed E-state index contributed by atoms with van der Waals surface area (Å²) in [6, 6.07) is 35.9. The minimum Gasteiger partial charge on any atom is -0.449 e. The number of carbonyl (C=O) groups is 5. The fourth-order valence-corrected chi connectivity index (χ4v) is 9.04. The number of anilines is 1. The third-order valence-electron chi connectivity index (χ3n) is 12.5. The summed E-state index contributed by atoms with van der Waals surface area (Å²) in [5.41, 5.74) is 9.99. The number of fused-ring (bicyclic) bond motifs is 6. The van der Waals surface area contributed by atoms with E-state index in [2.05, 4.69) is 63.0 Å². The van der Waals surface area contributed by atoms with E-state index in [1.54, 1.807) is 38.1 Å². The van der Waals surface area contributed by atoms with Crippen LogP contribution in [0.2, 0.25) is 0 Å². The lowest BCUT2D eigenvalue weighted by Gasteiger charge is -2.27. The van der Waals surface area contributed by atoms with Gasteiger partial charge >= 0.3 is 12.2 Å². The maximum atomic E-state index is 14.1. The van der Waals surface area contributed by atoms with Gasteiger partial charge in [-0.1, -0.05) is 137 Å². The monoisotopic (exact) mass is 907 g/mol. The molecule has 2 aliphatic carbocycles. The Hall–Kier alpha value is -6.99. The Morgan fingerprint density at radius 3 is 1.51 bits per heavy atom. The molecule has 3 unspecified atom stereocenters. The van der Waals surface area contributed by atoms with Gasteiger partial charge in [0, 0.05) is 24.1 Å². The minimum absolute atomic E-state index is 0.0232. The van der Waals surface area contributed by atoms with Gasteiger partial charge in [-0.05, 0) is 99.7 Å². The first kappa shape index (κ1) is 48.0. The standard InChI is InChI=1S/C54H61N5O8/c1-33(2)29-48(58-52(63)49(34(3)4)59-54(65)67-32-46-43-21-11-7-17-39(43)40-18-8-12-22-44(40)46)51(62)57-47(50(61)56-36-26-24-35(30-60)25-27-36)23-13-14-28-55-53(64)66-31-45-41-19-9-5-15-37(41)38-16-6-10-20-42(38)45/h5-12,15-22,24-27,33-34,45-49,60H,13-14,23,28-32H2,1-4H3,(H,55,64)(H,56,61)(H,57,62)(H,58,63)(H,59,65). The van der Waals surface area contributed by atoms with Crippen molar-refractivity contribution in [3.8, 4) is 22.3 Å². The van der Waals surface area contributed by atoms with Crippen LogP contribution in [0, 0.1) is 11.8 Å². The first-order valence-electron chi connectivity index (χ1n) is 23.2. The molecule has 0 aliphatic heterocycles. The Bertz CT molecular complexity index is 2450. The van der Waals surface area contributed by atoms with E-state index in [9.17, 15) is 29.1 Å². The van der Waals surface area contributed by atoms with Crippen molar-refractivity contribution in [2.75, 3.05) is 25.1 Å². The molecule has 0 spiro atoms. The van der Waals surface area contributed by atoms with E-state index in [0.29, 0.717) is 24.1 Å². The van der Waals surface area contributed by atoms with E-state index >= 15 is 0 Å². The highest BCUT2D eigenvalue weighted by atomic mass is 16.6. The van der Waals surface area contributed by atoms with Crippen molar-refractivity contribution in [3.63, 3.8) is 0 Å². The molecular formula is C54H61N5O8. The molecular weight excluding hydrogens is 847 g/mol. The van der Waals surface area contributed by atoms with E-state index in [1.165, 1.54) is 0 Å². The van der Waals surface area contributed by atoms with E-state index in [4.69, 9.17) is 9.47 Å². The van der Waals surface area contributed by atoms with Crippen LogP contribution in [0.1, 0.15) is 93.0 Å². The number of carbonyl (C=O) groups excluding carboxylic acids is 5. The number of unbranched alkanes of at least 4 members (excludes halogenated alkanes) is 1. The minimum atomic E-state index is -1.03. The molecule has 350 valence electrons. The summed E-state index contributed by atoms with van der Waals surface area (Å²) in [4.78, 5) is 68.1. The molecule has 67 heavy (non-hydrogen) atoms. The molecule has 7 rings (SSSR count). The zero-order chi connectivity index (χ0) is 47.5. The topological polar surface area (TPSA) is 184 Å². The number of amides is 5. The number of aliphatic hydroxyl groups is 1. The van der Waals surface area contributed by atoms with E-state index in [0.717, 1.165) is 44.5 Å². The summed E-state index contributed by atoms with van der Waals surface area (Å²) in [6.07, 6.45) is 0.117. The van der Waals surface area contributed by atoms with Gasteiger partial charge in [0.25, 0.3) is 0 Å². The summed E-state index contributed by atoms with van der Waals surface area (Å²) in [5, 5.41) is 23.7. The summed E-state index contributed by atoms with van der Waals surface area (Å²) < 4.78 is 11.4. The van der Waals surface area contributed by atoms with E-state index < -0.39 is 48.0 Å². The maximum Gasteiger partial charge on any atom is 0.407 e. The van der Waals surface area contributed by atoms with Crippen LogP contribution in [0.4, 0.5) is 15.3 Å². The highest BCUT2D eigenvalue weighted by molar-refractivity contribution is 5.99. The van der Waals surface area contributed by atoms with Crippen LogP contribution in [0.5, 0.6) is 0 Å². The van der Waals surface area contributed by atoms with Gasteiger partial charge in [-0.2, -0.15) is 0 Å². The molecule has 3 atom stereocenters. The molecule has 5 aromatic carbocycles. The van der Waals surface area contributed by atoms with Gasteiger partial charge in [0.15, 0.2) is 0 Å². The molecule has 5 aromatic rings. The van der Waals surface area contributed by atoms with Gasteiger partial charge < -0.3 is 41.2 Å². The van der Waals surface area contributed by atoms with Gasteiger partial charge in [0.1, 0.15) is 31.3 Å². The van der Waals surface area contributed by atoms with Crippen molar-refractivity contribution in [1.82, 2.24) is 21.3 Å². The summed E-state index contributed by atoms with van der Waals surface area (Å²) in [7, 11) is 0. The van der Waals surface area contributed by atoms with Crippen molar-refractivity contribution in [2.45, 2.75) is 89.9 Å². The highest BCUT2D eigenvalue weighted by Gasteiger charge is 2.34. The first-order valence-corrected chi connectivity index (χ1v) is 23.2. The van der Waals surface area contributed by atoms with Crippen LogP contribution in [0.3, 0.4) is 0 Å². The maximum absolute atomic E-state index is 14.1. The predicted octanol–water partition coefficient (Wildman–Crippen LogP) is 8.41. The lowest BCUT2D eigenvalue weighted by atomic mass is 9.98. The molecule has 0 heterocycles. The normalized spacial score (nSPS) is 13.9. The van der Waals surface area contributed by atoms with Crippen LogP contribution in [-0.4, -0.2) is 72.9 Å². The fourth-order valence-electron chi connectivity index (χ4n) is 9.04. The Kier molecular flexibility index (Phi) is 16.1. The predicted molar refractivity (Wildman–Crippen MR) is 258 cm³/mol. The summed E-state index contributed by atoms with van der Waals surface area (Å²) in [5.74, 6) is -2.20. The summed E-state index contributed by atoms with van der Waals surface area (Å²) in [6.45, 7) is 7.81. The molecule has 0 saturated heterocycles. The van der Waals surface area contributed by atoms with Crippen LogP contribution < -0.4 is 26.6 Å². The average Bonchev–Trinajstić information content (AvgIpc) is 3.83. The molecule has 0 bridgehead atoms. The van der Waals surface area contributed by atoms with Gasteiger partial charge in [-0.3, -0.25) is 14.4 Å². The molecule has 0 fully saturated rings. The van der Waals surface area contributed by atoms with Crippen molar-refractivity contribution >= 4 is 35.6 Å². The fraction of sp³-hybridized carbons (Fsp3) is 0.352. The Labute approximate surface area is 392 Å². The second kappa shape index (κ2) is 22.5. The summed E-state index contributed by atoms with van der Waals surface area (Å²) >= 11 is 0. The van der Waals surface area contributed by atoms with Crippen LogP contribution in [-0.2, 0) is 30.5 Å². The molecule has 13 heteroatoms. The molecule has 6 N–H and O–H groups in total. The van der Waals surface area contributed by atoms with Crippen molar-refractivity contribution in [2.24, 2.45) is 11.8 Å². The smallest absolute Gasteiger partial charge is 0.407 e. The zero-order valence-corrected chi connectivity index (χ0v) is 38.6. The number of rotatable bonds is 20. The van der Waals surface area contributed by atoms with E-state index in [-0.39, 0.29) is 62.9 Å². The zero-order valence-electron chi connectivity index (χ0n) is 38.6. The second-order valence-corrected chi connectivity index (χ2v) is 18.0. The van der Waals surface area contributed by atoms with Crippen LogP contribution in [0.25, 0.3) is 22.3 Å². The van der Waals surface area contributed by atoms with E-state index in [1.807, 2.05) is 74.5 Å².